The van der Waals surface area contributed by atoms with Crippen LogP contribution in [0.4, 0.5) is 5.69 Å². The molecule has 2 rings (SSSR count). The van der Waals surface area contributed by atoms with E-state index in [-0.39, 0.29) is 6.61 Å². The molecule has 2 nitrogen and oxygen atoms in total. The summed E-state index contributed by atoms with van der Waals surface area (Å²) < 4.78 is 0. The molecule has 21 heavy (non-hydrogen) atoms. The Balaban J connectivity index is 2.05. The lowest BCUT2D eigenvalue weighted by atomic mass is 10.1. The van der Waals surface area contributed by atoms with E-state index in [2.05, 4.69) is 67.3 Å². The number of aliphatic hydroxyl groups is 1. The number of aliphatic hydroxyl groups excluding tert-OH is 1. The topological polar surface area (TPSA) is 23.5 Å². The van der Waals surface area contributed by atoms with Crippen molar-refractivity contribution in [1.82, 2.24) is 0 Å². The average Bonchev–Trinajstić information content (AvgIpc) is 2.54. The van der Waals surface area contributed by atoms with E-state index < -0.39 is 0 Å². The highest BCUT2D eigenvalue weighted by Crippen LogP contribution is 2.16. The van der Waals surface area contributed by atoms with E-state index in [0.717, 1.165) is 16.8 Å². The molecular formula is C19H21NO. The van der Waals surface area contributed by atoms with Gasteiger partial charge >= 0.3 is 0 Å². The van der Waals surface area contributed by atoms with Crippen molar-refractivity contribution in [2.24, 2.45) is 0 Å². The van der Waals surface area contributed by atoms with Gasteiger partial charge < -0.3 is 10.0 Å². The lowest BCUT2D eigenvalue weighted by Crippen LogP contribution is -2.20. The Labute approximate surface area is 126 Å². The average molecular weight is 279 g/mol. The summed E-state index contributed by atoms with van der Waals surface area (Å²) in [5.41, 5.74) is 4.56. The standard InChI is InChI=1S/C19H21NO/c1-3-16-4-6-17(7-5-16)8-9-18-10-12-19(13-11-18)20(2)14-15-21/h3-13,21H,1,14-15H2,2H3. The highest BCUT2D eigenvalue weighted by Gasteiger charge is 1.98. The van der Waals surface area contributed by atoms with Crippen molar-refractivity contribution in [2.75, 3.05) is 25.1 Å². The number of likely N-dealkylation sites (N-methyl/N-ethyl adjacent to an activating group) is 1. The molecule has 0 amide bonds. The van der Waals surface area contributed by atoms with Gasteiger partial charge in [-0.05, 0) is 28.8 Å². The molecule has 0 atom stereocenters. The Morgan fingerprint density at radius 2 is 1.38 bits per heavy atom. The van der Waals surface area contributed by atoms with Crippen molar-refractivity contribution in [1.29, 1.82) is 0 Å². The zero-order chi connectivity index (χ0) is 15.1. The summed E-state index contributed by atoms with van der Waals surface area (Å²) in [6.07, 6.45) is 6.03. The van der Waals surface area contributed by atoms with Gasteiger partial charge in [0.1, 0.15) is 0 Å². The molecule has 0 aliphatic heterocycles. The van der Waals surface area contributed by atoms with Gasteiger partial charge in [0.2, 0.25) is 0 Å². The van der Waals surface area contributed by atoms with Crippen LogP contribution in [0.5, 0.6) is 0 Å². The molecule has 1 N–H and O–H groups in total. The predicted octanol–water partition coefficient (Wildman–Crippen LogP) is 3.93. The van der Waals surface area contributed by atoms with Crippen LogP contribution in [0.25, 0.3) is 18.2 Å². The second-order valence-electron chi connectivity index (χ2n) is 4.94. The molecule has 0 heterocycles. The second kappa shape index (κ2) is 7.46. The predicted molar refractivity (Wildman–Crippen MR) is 92.3 cm³/mol. The number of hydrogen-bond acceptors (Lipinski definition) is 2. The van der Waals surface area contributed by atoms with Crippen LogP contribution in [0.3, 0.4) is 0 Å². The summed E-state index contributed by atoms with van der Waals surface area (Å²) in [6.45, 7) is 4.56. The smallest absolute Gasteiger partial charge is 0.0606 e. The molecule has 0 bridgehead atoms. The van der Waals surface area contributed by atoms with E-state index in [1.807, 2.05) is 18.0 Å². The number of benzene rings is 2. The first-order valence-electron chi connectivity index (χ1n) is 7.05. The molecule has 0 saturated heterocycles. The summed E-state index contributed by atoms with van der Waals surface area (Å²) in [5.74, 6) is 0. The molecule has 2 aromatic carbocycles. The second-order valence-corrected chi connectivity index (χ2v) is 4.94. The molecular weight excluding hydrogens is 258 g/mol. The van der Waals surface area contributed by atoms with Crippen LogP contribution in [0.1, 0.15) is 16.7 Å². The van der Waals surface area contributed by atoms with Gasteiger partial charge in [0.05, 0.1) is 6.61 Å². The molecule has 0 unspecified atom stereocenters. The largest absolute Gasteiger partial charge is 0.395 e. The van der Waals surface area contributed by atoms with E-state index in [4.69, 9.17) is 5.11 Å². The highest BCUT2D eigenvalue weighted by molar-refractivity contribution is 5.71. The van der Waals surface area contributed by atoms with E-state index in [9.17, 15) is 0 Å². The molecule has 0 fully saturated rings. The van der Waals surface area contributed by atoms with Crippen LogP contribution < -0.4 is 4.90 Å². The molecule has 2 heteroatoms. The fraction of sp³-hybridized carbons (Fsp3) is 0.158. The molecule has 108 valence electrons. The number of hydrogen-bond donors (Lipinski definition) is 1. The summed E-state index contributed by atoms with van der Waals surface area (Å²) >= 11 is 0. The van der Waals surface area contributed by atoms with E-state index in [1.165, 1.54) is 5.56 Å². The maximum absolute atomic E-state index is 8.94. The Hall–Kier alpha value is -2.32. The number of anilines is 1. The van der Waals surface area contributed by atoms with Gasteiger partial charge in [-0.25, -0.2) is 0 Å². The molecule has 0 saturated carbocycles. The summed E-state index contributed by atoms with van der Waals surface area (Å²) in [7, 11) is 1.97. The van der Waals surface area contributed by atoms with Crippen molar-refractivity contribution in [3.8, 4) is 0 Å². The van der Waals surface area contributed by atoms with Crippen LogP contribution >= 0.6 is 0 Å². The monoisotopic (exact) mass is 279 g/mol. The van der Waals surface area contributed by atoms with Gasteiger partial charge in [0.25, 0.3) is 0 Å². The molecule has 0 spiro atoms. The third-order valence-corrected chi connectivity index (χ3v) is 3.41. The quantitative estimate of drug-likeness (QED) is 0.810. The zero-order valence-electron chi connectivity index (χ0n) is 12.4. The Morgan fingerprint density at radius 1 is 0.905 bits per heavy atom. The van der Waals surface area contributed by atoms with Gasteiger partial charge in [-0.2, -0.15) is 0 Å². The molecule has 2 aromatic rings. The van der Waals surface area contributed by atoms with Gasteiger partial charge in [-0.3, -0.25) is 0 Å². The molecule has 0 aliphatic carbocycles. The lowest BCUT2D eigenvalue weighted by molar-refractivity contribution is 0.304. The van der Waals surface area contributed by atoms with Gasteiger partial charge in [0.15, 0.2) is 0 Å². The van der Waals surface area contributed by atoms with E-state index >= 15 is 0 Å². The van der Waals surface area contributed by atoms with Crippen LogP contribution in [0.2, 0.25) is 0 Å². The summed E-state index contributed by atoms with van der Waals surface area (Å²) in [5, 5.41) is 8.94. The fourth-order valence-corrected chi connectivity index (χ4v) is 2.05. The van der Waals surface area contributed by atoms with Crippen LogP contribution in [-0.2, 0) is 0 Å². The van der Waals surface area contributed by atoms with Gasteiger partial charge in [0, 0.05) is 19.3 Å². The van der Waals surface area contributed by atoms with Gasteiger partial charge in [-0.1, -0.05) is 61.2 Å². The third kappa shape index (κ3) is 4.33. The minimum Gasteiger partial charge on any atom is -0.395 e. The minimum atomic E-state index is 0.166. The third-order valence-electron chi connectivity index (χ3n) is 3.41. The molecule has 0 radical (unpaired) electrons. The first-order chi connectivity index (χ1) is 10.2. The van der Waals surface area contributed by atoms with Crippen molar-refractivity contribution in [2.45, 2.75) is 0 Å². The van der Waals surface area contributed by atoms with E-state index in [1.54, 1.807) is 0 Å². The van der Waals surface area contributed by atoms with Crippen LogP contribution in [0.15, 0.2) is 55.1 Å². The normalized spacial score (nSPS) is 10.8. The Bertz CT molecular complexity index is 596. The van der Waals surface area contributed by atoms with Crippen molar-refractivity contribution in [3.05, 3.63) is 71.8 Å². The van der Waals surface area contributed by atoms with Crippen molar-refractivity contribution < 1.29 is 5.11 Å². The summed E-state index contributed by atoms with van der Waals surface area (Å²) in [4.78, 5) is 2.03. The number of rotatable bonds is 6. The Morgan fingerprint density at radius 3 is 1.86 bits per heavy atom. The lowest BCUT2D eigenvalue weighted by Gasteiger charge is -2.17. The van der Waals surface area contributed by atoms with E-state index in [0.29, 0.717) is 6.54 Å². The highest BCUT2D eigenvalue weighted by atomic mass is 16.3. The van der Waals surface area contributed by atoms with Crippen LogP contribution in [-0.4, -0.2) is 25.3 Å². The first kappa shape index (κ1) is 15.1. The number of nitrogens with zero attached hydrogens (tertiary/aromatic N) is 1. The molecule has 0 aliphatic rings. The molecule has 0 aromatic heterocycles. The van der Waals surface area contributed by atoms with Gasteiger partial charge in [-0.15, -0.1) is 0 Å². The minimum absolute atomic E-state index is 0.166. The maximum atomic E-state index is 8.94. The van der Waals surface area contributed by atoms with Crippen LogP contribution in [0, 0.1) is 0 Å². The van der Waals surface area contributed by atoms with Crippen molar-refractivity contribution >= 4 is 23.9 Å². The summed E-state index contributed by atoms with van der Waals surface area (Å²) in [6, 6.07) is 16.6. The SMILES string of the molecule is C=Cc1ccc(C=Cc2ccc(N(C)CCO)cc2)cc1. The fourth-order valence-electron chi connectivity index (χ4n) is 2.05. The maximum Gasteiger partial charge on any atom is 0.0606 e. The van der Waals surface area contributed by atoms with Crippen molar-refractivity contribution in [3.63, 3.8) is 0 Å². The first-order valence-corrected chi connectivity index (χ1v) is 7.05. The zero-order valence-corrected chi connectivity index (χ0v) is 12.4. The Kier molecular flexibility index (Phi) is 5.35.